The summed E-state index contributed by atoms with van der Waals surface area (Å²) < 4.78 is 0. The van der Waals surface area contributed by atoms with Crippen LogP contribution in [-0.2, 0) is 0 Å². The molecule has 80 valence electrons. The van der Waals surface area contributed by atoms with E-state index in [4.69, 9.17) is 5.73 Å². The van der Waals surface area contributed by atoms with Crippen molar-refractivity contribution in [1.29, 1.82) is 0 Å². The maximum atomic E-state index is 11.6. The number of hydrogen-bond acceptors (Lipinski definition) is 3. The number of thiophene rings is 1. The largest absolute Gasteiger partial charge is 0.399 e. The fraction of sp³-hybridized carbons (Fsp3) is 0. The van der Waals surface area contributed by atoms with Gasteiger partial charge in [0.15, 0.2) is 5.78 Å². The molecule has 2 nitrogen and oxygen atoms in total. The summed E-state index contributed by atoms with van der Waals surface area (Å²) in [7, 11) is 0. The molecule has 0 aliphatic rings. The van der Waals surface area contributed by atoms with E-state index in [9.17, 15) is 4.79 Å². The molecule has 0 atom stereocenters. The number of benzene rings is 1. The molecule has 16 heavy (non-hydrogen) atoms. The first kappa shape index (κ1) is 10.6. The van der Waals surface area contributed by atoms with Gasteiger partial charge >= 0.3 is 0 Å². The van der Waals surface area contributed by atoms with Crippen LogP contribution >= 0.6 is 11.3 Å². The molecule has 3 heteroatoms. The van der Waals surface area contributed by atoms with E-state index in [2.05, 4.69) is 0 Å². The zero-order valence-corrected chi connectivity index (χ0v) is 9.41. The lowest BCUT2D eigenvalue weighted by Gasteiger charge is -1.94. The number of anilines is 1. The van der Waals surface area contributed by atoms with Crippen LogP contribution in [0.4, 0.5) is 5.69 Å². The number of ketones is 1. The quantitative estimate of drug-likeness (QED) is 0.499. The molecule has 0 radical (unpaired) electrons. The van der Waals surface area contributed by atoms with Crippen LogP contribution in [0, 0.1) is 0 Å². The smallest absolute Gasteiger partial charge is 0.195 e. The van der Waals surface area contributed by atoms with Crippen molar-refractivity contribution in [3.05, 3.63) is 58.3 Å². The van der Waals surface area contributed by atoms with Gasteiger partial charge in [-0.1, -0.05) is 24.3 Å². The SMILES string of the molecule is Nc1ccc(/C=C/C(=O)c2cccs2)cc1. The van der Waals surface area contributed by atoms with E-state index in [-0.39, 0.29) is 5.78 Å². The molecule has 0 aliphatic carbocycles. The van der Waals surface area contributed by atoms with E-state index >= 15 is 0 Å². The Labute approximate surface area is 98.0 Å². The van der Waals surface area contributed by atoms with E-state index in [1.165, 1.54) is 11.3 Å². The highest BCUT2D eigenvalue weighted by atomic mass is 32.1. The van der Waals surface area contributed by atoms with Crippen molar-refractivity contribution in [1.82, 2.24) is 0 Å². The summed E-state index contributed by atoms with van der Waals surface area (Å²) >= 11 is 1.45. The fourth-order valence-electron chi connectivity index (χ4n) is 1.28. The third-order valence-corrected chi connectivity index (χ3v) is 3.01. The molecule has 2 N–H and O–H groups in total. The summed E-state index contributed by atoms with van der Waals surface area (Å²) in [5.41, 5.74) is 7.27. The summed E-state index contributed by atoms with van der Waals surface area (Å²) in [5, 5.41) is 1.89. The zero-order valence-electron chi connectivity index (χ0n) is 8.59. The van der Waals surface area contributed by atoms with E-state index in [0.29, 0.717) is 0 Å². The van der Waals surface area contributed by atoms with Crippen LogP contribution in [0.25, 0.3) is 6.08 Å². The molecule has 0 bridgehead atoms. The summed E-state index contributed by atoms with van der Waals surface area (Å²) in [6, 6.07) is 11.1. The Balaban J connectivity index is 2.10. The molecule has 0 unspecified atom stereocenters. The first-order chi connectivity index (χ1) is 7.75. The zero-order chi connectivity index (χ0) is 11.4. The van der Waals surface area contributed by atoms with Crippen LogP contribution in [0.15, 0.2) is 47.9 Å². The number of allylic oxidation sites excluding steroid dienone is 1. The minimum absolute atomic E-state index is 0.0341. The second-order valence-corrected chi connectivity index (χ2v) is 4.29. The van der Waals surface area contributed by atoms with Crippen molar-refractivity contribution in [3.8, 4) is 0 Å². The van der Waals surface area contributed by atoms with Crippen molar-refractivity contribution in [2.24, 2.45) is 0 Å². The van der Waals surface area contributed by atoms with E-state index < -0.39 is 0 Å². The maximum Gasteiger partial charge on any atom is 0.195 e. The Morgan fingerprint density at radius 1 is 1.19 bits per heavy atom. The van der Waals surface area contributed by atoms with Crippen LogP contribution in [0.3, 0.4) is 0 Å². The molecular weight excluding hydrogens is 218 g/mol. The average Bonchev–Trinajstić information content (AvgIpc) is 2.81. The van der Waals surface area contributed by atoms with Crippen LogP contribution in [0.5, 0.6) is 0 Å². The molecule has 1 aromatic carbocycles. The van der Waals surface area contributed by atoms with Gasteiger partial charge in [0.05, 0.1) is 4.88 Å². The van der Waals surface area contributed by atoms with E-state index in [1.54, 1.807) is 12.2 Å². The van der Waals surface area contributed by atoms with Gasteiger partial charge in [-0.15, -0.1) is 11.3 Å². The summed E-state index contributed by atoms with van der Waals surface area (Å²) in [4.78, 5) is 12.4. The lowest BCUT2D eigenvalue weighted by atomic mass is 10.2. The Hall–Kier alpha value is -1.87. The summed E-state index contributed by atoms with van der Waals surface area (Å²) in [6.45, 7) is 0. The lowest BCUT2D eigenvalue weighted by molar-refractivity contribution is 0.105. The number of nitrogen functional groups attached to an aromatic ring is 1. The molecule has 1 aromatic heterocycles. The third-order valence-electron chi connectivity index (χ3n) is 2.13. The van der Waals surface area contributed by atoms with Crippen molar-refractivity contribution >= 4 is 28.9 Å². The van der Waals surface area contributed by atoms with Gasteiger partial charge in [-0.2, -0.15) is 0 Å². The molecule has 0 aliphatic heterocycles. The number of carbonyl (C=O) groups excluding carboxylic acids is 1. The van der Waals surface area contributed by atoms with Crippen LogP contribution in [-0.4, -0.2) is 5.78 Å². The minimum atomic E-state index is 0.0341. The number of hydrogen-bond donors (Lipinski definition) is 1. The first-order valence-electron chi connectivity index (χ1n) is 4.87. The predicted molar refractivity (Wildman–Crippen MR) is 68.5 cm³/mol. The highest BCUT2D eigenvalue weighted by Gasteiger charge is 2.00. The van der Waals surface area contributed by atoms with Gasteiger partial charge in [0, 0.05) is 5.69 Å². The Morgan fingerprint density at radius 2 is 1.94 bits per heavy atom. The van der Waals surface area contributed by atoms with Crippen LogP contribution in [0.1, 0.15) is 15.2 Å². The summed E-state index contributed by atoms with van der Waals surface area (Å²) in [6.07, 6.45) is 3.37. The maximum absolute atomic E-state index is 11.6. The first-order valence-corrected chi connectivity index (χ1v) is 5.75. The van der Waals surface area contributed by atoms with Gasteiger partial charge in [-0.3, -0.25) is 4.79 Å². The standard InChI is InChI=1S/C13H11NOS/c14-11-6-3-10(4-7-11)5-8-12(15)13-2-1-9-16-13/h1-9H,14H2/b8-5+. The average molecular weight is 229 g/mol. The van der Waals surface area contributed by atoms with Crippen LogP contribution < -0.4 is 5.73 Å². The fourth-order valence-corrected chi connectivity index (χ4v) is 1.93. The minimum Gasteiger partial charge on any atom is -0.399 e. The normalized spacial score (nSPS) is 10.8. The van der Waals surface area contributed by atoms with Crippen molar-refractivity contribution in [3.63, 3.8) is 0 Å². The van der Waals surface area contributed by atoms with Gasteiger partial charge in [-0.25, -0.2) is 0 Å². The molecule has 0 amide bonds. The second-order valence-electron chi connectivity index (χ2n) is 3.34. The molecule has 0 fully saturated rings. The molecule has 0 saturated carbocycles. The monoisotopic (exact) mass is 229 g/mol. The van der Waals surface area contributed by atoms with Crippen molar-refractivity contribution in [2.45, 2.75) is 0 Å². The van der Waals surface area contributed by atoms with Crippen molar-refractivity contribution < 1.29 is 4.79 Å². The Morgan fingerprint density at radius 3 is 2.56 bits per heavy atom. The molecule has 0 spiro atoms. The van der Waals surface area contributed by atoms with Gasteiger partial charge in [0.2, 0.25) is 0 Å². The number of nitrogens with two attached hydrogens (primary N) is 1. The van der Waals surface area contributed by atoms with Gasteiger partial charge in [-0.05, 0) is 35.2 Å². The Bertz CT molecular complexity index is 497. The van der Waals surface area contributed by atoms with E-state index in [1.807, 2.05) is 41.8 Å². The van der Waals surface area contributed by atoms with Gasteiger partial charge in [0.1, 0.15) is 0 Å². The molecule has 0 saturated heterocycles. The van der Waals surface area contributed by atoms with Gasteiger partial charge in [0.25, 0.3) is 0 Å². The predicted octanol–water partition coefficient (Wildman–Crippen LogP) is 3.23. The molecular formula is C13H11NOS. The summed E-state index contributed by atoms with van der Waals surface area (Å²) in [5.74, 6) is 0.0341. The molecule has 2 aromatic rings. The molecule has 2 rings (SSSR count). The van der Waals surface area contributed by atoms with Crippen molar-refractivity contribution in [2.75, 3.05) is 5.73 Å². The highest BCUT2D eigenvalue weighted by molar-refractivity contribution is 7.12. The number of carbonyl (C=O) groups is 1. The molecule has 1 heterocycles. The Kier molecular flexibility index (Phi) is 3.17. The van der Waals surface area contributed by atoms with E-state index in [0.717, 1.165) is 16.1 Å². The third kappa shape index (κ3) is 2.58. The topological polar surface area (TPSA) is 43.1 Å². The van der Waals surface area contributed by atoms with Crippen LogP contribution in [0.2, 0.25) is 0 Å². The number of rotatable bonds is 3. The second kappa shape index (κ2) is 4.77. The van der Waals surface area contributed by atoms with Gasteiger partial charge < -0.3 is 5.73 Å². The highest BCUT2D eigenvalue weighted by Crippen LogP contribution is 2.12. The lowest BCUT2D eigenvalue weighted by Crippen LogP contribution is -1.88.